The summed E-state index contributed by atoms with van der Waals surface area (Å²) in [7, 11) is 1.41. The largest absolute Gasteiger partial charge is 0.504 e. The number of nitrogens with zero attached hydrogens (tertiary/aromatic N) is 1. The molecule has 0 saturated heterocycles. The number of phenolic OH excluding ortho intramolecular Hbond substituents is 1. The van der Waals surface area contributed by atoms with E-state index in [2.05, 4.69) is 10.5 Å². The van der Waals surface area contributed by atoms with Gasteiger partial charge in [0.05, 0.1) is 13.7 Å². The Morgan fingerprint density at radius 1 is 1.59 bits per heavy atom. The molecule has 7 nitrogen and oxygen atoms in total. The maximum absolute atomic E-state index is 11.6. The third-order valence-electron chi connectivity index (χ3n) is 2.00. The fourth-order valence-corrected chi connectivity index (χ4v) is 1.14. The first-order chi connectivity index (χ1) is 8.08. The topological polar surface area (TPSA) is 117 Å². The average molecular weight is 239 g/mol. The zero-order chi connectivity index (χ0) is 12.8. The van der Waals surface area contributed by atoms with Crippen molar-refractivity contribution in [2.45, 2.75) is 0 Å². The number of hydrogen-bond donors (Lipinski definition) is 4. The zero-order valence-electron chi connectivity index (χ0n) is 9.17. The fraction of sp³-hybridized carbons (Fsp3) is 0.200. The third-order valence-corrected chi connectivity index (χ3v) is 2.00. The van der Waals surface area contributed by atoms with E-state index in [4.69, 9.17) is 15.7 Å². The molecule has 92 valence electrons. The van der Waals surface area contributed by atoms with E-state index < -0.39 is 5.91 Å². The van der Waals surface area contributed by atoms with Gasteiger partial charge in [0.1, 0.15) is 0 Å². The van der Waals surface area contributed by atoms with Crippen LogP contribution in [-0.4, -0.2) is 35.7 Å². The number of nitrogens with two attached hydrogens (primary N) is 1. The van der Waals surface area contributed by atoms with Crippen molar-refractivity contribution < 1.29 is 19.8 Å². The predicted molar refractivity (Wildman–Crippen MR) is 60.4 cm³/mol. The Labute approximate surface area is 97.5 Å². The summed E-state index contributed by atoms with van der Waals surface area (Å²) in [4.78, 5) is 11.6. The maximum Gasteiger partial charge on any atom is 0.251 e. The lowest BCUT2D eigenvalue weighted by atomic mass is 10.2. The van der Waals surface area contributed by atoms with E-state index >= 15 is 0 Å². The van der Waals surface area contributed by atoms with Gasteiger partial charge in [-0.2, -0.15) is 0 Å². The predicted octanol–water partition coefficient (Wildman–Crippen LogP) is -0.123. The number of amides is 1. The summed E-state index contributed by atoms with van der Waals surface area (Å²) in [5.74, 6) is -0.424. The molecule has 1 rings (SSSR count). The number of hydrogen-bond acceptors (Lipinski definition) is 5. The van der Waals surface area contributed by atoms with E-state index in [0.29, 0.717) is 0 Å². The van der Waals surface area contributed by atoms with Crippen LogP contribution >= 0.6 is 0 Å². The first-order valence-electron chi connectivity index (χ1n) is 4.70. The third kappa shape index (κ3) is 3.26. The molecule has 17 heavy (non-hydrogen) atoms. The lowest BCUT2D eigenvalue weighted by Crippen LogP contribution is -2.33. The number of rotatable bonds is 4. The van der Waals surface area contributed by atoms with Gasteiger partial charge in [-0.3, -0.25) is 4.79 Å². The van der Waals surface area contributed by atoms with Crippen molar-refractivity contribution in [3.63, 3.8) is 0 Å². The first-order valence-corrected chi connectivity index (χ1v) is 4.70. The van der Waals surface area contributed by atoms with Crippen molar-refractivity contribution in [3.05, 3.63) is 23.8 Å². The Morgan fingerprint density at radius 3 is 2.82 bits per heavy atom. The molecule has 0 spiro atoms. The zero-order valence-corrected chi connectivity index (χ0v) is 9.17. The number of carbonyl (C=O) groups excluding carboxylic acids is 1. The Bertz CT molecular complexity index is 445. The highest BCUT2D eigenvalue weighted by molar-refractivity contribution is 5.97. The molecule has 0 saturated carbocycles. The minimum Gasteiger partial charge on any atom is -0.504 e. The minimum atomic E-state index is -0.449. The van der Waals surface area contributed by atoms with E-state index in [1.54, 1.807) is 0 Å². The van der Waals surface area contributed by atoms with Crippen LogP contribution in [0.3, 0.4) is 0 Å². The molecule has 7 heteroatoms. The number of ether oxygens (including phenoxy) is 1. The molecule has 0 radical (unpaired) electrons. The van der Waals surface area contributed by atoms with Crippen molar-refractivity contribution in [1.82, 2.24) is 5.32 Å². The molecule has 5 N–H and O–H groups in total. The van der Waals surface area contributed by atoms with Crippen LogP contribution in [0.1, 0.15) is 10.4 Å². The summed E-state index contributed by atoms with van der Waals surface area (Å²) < 4.78 is 4.84. The number of aromatic hydroxyl groups is 1. The van der Waals surface area contributed by atoms with E-state index in [0.717, 1.165) is 0 Å². The van der Waals surface area contributed by atoms with Crippen molar-refractivity contribution in [2.24, 2.45) is 10.9 Å². The molecule has 0 fully saturated rings. The second kappa shape index (κ2) is 5.59. The Morgan fingerprint density at radius 2 is 2.29 bits per heavy atom. The summed E-state index contributed by atoms with van der Waals surface area (Å²) in [6, 6.07) is 4.22. The van der Waals surface area contributed by atoms with Crippen LogP contribution in [0, 0.1) is 0 Å². The molecule has 0 bridgehead atoms. The molecule has 0 aliphatic heterocycles. The van der Waals surface area contributed by atoms with E-state index in [9.17, 15) is 9.90 Å². The second-order valence-electron chi connectivity index (χ2n) is 3.16. The Kier molecular flexibility index (Phi) is 4.15. The number of nitrogens with one attached hydrogen (secondary N) is 1. The van der Waals surface area contributed by atoms with Crippen LogP contribution in [0.5, 0.6) is 11.5 Å². The average Bonchev–Trinajstić information content (AvgIpc) is 2.35. The van der Waals surface area contributed by atoms with Gasteiger partial charge in [-0.25, -0.2) is 0 Å². The molecular weight excluding hydrogens is 226 g/mol. The molecule has 0 unspecified atom stereocenters. The Hall–Kier alpha value is -2.44. The van der Waals surface area contributed by atoms with Crippen molar-refractivity contribution in [3.8, 4) is 11.5 Å². The smallest absolute Gasteiger partial charge is 0.251 e. The van der Waals surface area contributed by atoms with E-state index in [-0.39, 0.29) is 29.4 Å². The van der Waals surface area contributed by atoms with Crippen LogP contribution in [0.4, 0.5) is 0 Å². The van der Waals surface area contributed by atoms with E-state index in [1.165, 1.54) is 25.3 Å². The maximum atomic E-state index is 11.6. The highest BCUT2D eigenvalue weighted by Gasteiger charge is 2.09. The first kappa shape index (κ1) is 12.6. The molecule has 1 aromatic rings. The van der Waals surface area contributed by atoms with Gasteiger partial charge < -0.3 is 26.1 Å². The van der Waals surface area contributed by atoms with Gasteiger partial charge in [-0.15, -0.1) is 0 Å². The normalized spacial score (nSPS) is 11.0. The van der Waals surface area contributed by atoms with Gasteiger partial charge in [0.15, 0.2) is 17.3 Å². The van der Waals surface area contributed by atoms with Gasteiger partial charge in [0.2, 0.25) is 0 Å². The van der Waals surface area contributed by atoms with E-state index in [1.807, 2.05) is 0 Å². The quantitative estimate of drug-likeness (QED) is 0.253. The minimum absolute atomic E-state index is 0.0812. The van der Waals surface area contributed by atoms with Gasteiger partial charge in [0, 0.05) is 5.56 Å². The molecule has 0 heterocycles. The van der Waals surface area contributed by atoms with Gasteiger partial charge >= 0.3 is 0 Å². The summed E-state index contributed by atoms with van der Waals surface area (Å²) in [5, 5.41) is 22.9. The summed E-state index contributed by atoms with van der Waals surface area (Å²) in [6.45, 7) is -0.0812. The molecule has 0 atom stereocenters. The SMILES string of the molecule is COc1ccc(C(=O)NCC(N)=NO)cc1O. The number of carbonyl (C=O) groups is 1. The highest BCUT2D eigenvalue weighted by atomic mass is 16.5. The number of oxime groups is 1. The molecule has 1 aromatic carbocycles. The summed E-state index contributed by atoms with van der Waals surface area (Å²) in [6.07, 6.45) is 0. The van der Waals surface area contributed by atoms with Gasteiger partial charge in [0.25, 0.3) is 5.91 Å². The van der Waals surface area contributed by atoms with Crippen molar-refractivity contribution in [1.29, 1.82) is 0 Å². The van der Waals surface area contributed by atoms with Crippen LogP contribution in [-0.2, 0) is 0 Å². The molecule has 0 aliphatic rings. The molecule has 1 amide bonds. The number of benzene rings is 1. The molecule has 0 aliphatic carbocycles. The van der Waals surface area contributed by atoms with Gasteiger partial charge in [-0.05, 0) is 18.2 Å². The molecular formula is C10H13N3O4. The van der Waals surface area contributed by atoms with Crippen molar-refractivity contribution >= 4 is 11.7 Å². The van der Waals surface area contributed by atoms with Gasteiger partial charge in [-0.1, -0.05) is 5.16 Å². The monoisotopic (exact) mass is 239 g/mol. The van der Waals surface area contributed by atoms with Crippen molar-refractivity contribution in [2.75, 3.05) is 13.7 Å². The van der Waals surface area contributed by atoms with Crippen LogP contribution < -0.4 is 15.8 Å². The number of amidine groups is 1. The summed E-state index contributed by atoms with van der Waals surface area (Å²) >= 11 is 0. The fourth-order valence-electron chi connectivity index (χ4n) is 1.14. The van der Waals surface area contributed by atoms with Crippen LogP contribution in [0.15, 0.2) is 23.4 Å². The lowest BCUT2D eigenvalue weighted by Gasteiger charge is -2.06. The Balaban J connectivity index is 2.73. The lowest BCUT2D eigenvalue weighted by molar-refractivity contribution is 0.0958. The number of phenols is 1. The second-order valence-corrected chi connectivity index (χ2v) is 3.16. The molecule has 0 aromatic heterocycles. The standard InChI is InChI=1S/C10H13N3O4/c1-17-8-3-2-6(4-7(8)14)10(15)12-5-9(11)13-16/h2-4,14,16H,5H2,1H3,(H2,11,13)(H,12,15). The van der Waals surface area contributed by atoms with Crippen LogP contribution in [0.25, 0.3) is 0 Å². The summed E-state index contributed by atoms with van der Waals surface area (Å²) in [5.41, 5.74) is 5.44. The van der Waals surface area contributed by atoms with Crippen LogP contribution in [0.2, 0.25) is 0 Å². The highest BCUT2D eigenvalue weighted by Crippen LogP contribution is 2.25. The number of methoxy groups -OCH3 is 1.